The lowest BCUT2D eigenvalue weighted by Crippen LogP contribution is -2.32. The van der Waals surface area contributed by atoms with E-state index in [2.05, 4.69) is 386 Å². The summed E-state index contributed by atoms with van der Waals surface area (Å²) in [6, 6.07) is 146. The number of rotatable bonds is 6. The van der Waals surface area contributed by atoms with Gasteiger partial charge < -0.3 is 24.8 Å². The Morgan fingerprint density at radius 3 is 0.975 bits per heavy atom. The van der Waals surface area contributed by atoms with Gasteiger partial charge in [-0.3, -0.25) is 0 Å². The Morgan fingerprint density at radius 2 is 0.508 bits per heavy atom. The fourth-order valence-electron chi connectivity index (χ4n) is 21.0. The van der Waals surface area contributed by atoms with E-state index < -0.39 is 5.41 Å². The first-order valence-electron chi connectivity index (χ1n) is 40.8. The van der Waals surface area contributed by atoms with E-state index in [4.69, 9.17) is 8.83 Å². The molecule has 120 heavy (non-hydrogen) atoms. The minimum Gasteiger partial charge on any atom is -0.456 e. The van der Waals surface area contributed by atoms with Gasteiger partial charge in [0.2, 0.25) is 0 Å². The number of hydrogen-bond acceptors (Lipinski definition) is 9. The Morgan fingerprint density at radius 1 is 0.200 bits per heavy atom. The lowest BCUT2D eigenvalue weighted by molar-refractivity contribution is 0.668. The molecule has 27 rings (SSSR count). The van der Waals surface area contributed by atoms with Crippen molar-refractivity contribution in [2.24, 2.45) is 0 Å². The lowest BCUT2D eigenvalue weighted by atomic mass is 9.66. The van der Waals surface area contributed by atoms with E-state index in [0.717, 1.165) is 78.0 Å². The first-order chi connectivity index (χ1) is 59.5. The normalized spacial score (nSPS) is 14.1. The molecule has 0 bridgehead atoms. The van der Waals surface area contributed by atoms with Crippen LogP contribution in [0.4, 0.5) is 34.1 Å². The molecule has 5 nitrogen and oxygen atoms in total. The Labute approximate surface area is 710 Å². The summed E-state index contributed by atoms with van der Waals surface area (Å²) in [5, 5.41) is 18.6. The summed E-state index contributed by atoms with van der Waals surface area (Å²) in [7, 11) is 0. The van der Waals surface area contributed by atoms with E-state index in [9.17, 15) is 0 Å². The largest absolute Gasteiger partial charge is 0.456 e. The fourth-order valence-corrected chi connectivity index (χ4v) is 25.7. The van der Waals surface area contributed by atoms with E-state index in [0.29, 0.717) is 0 Å². The third kappa shape index (κ3) is 10.1. The maximum Gasteiger partial charge on any atom is 0.137 e. The first-order valence-corrected chi connectivity index (χ1v) is 44.1. The summed E-state index contributed by atoms with van der Waals surface area (Å²) in [5.41, 5.74) is 33.0. The molecule has 0 amide bonds. The molecule has 564 valence electrons. The molecule has 21 aromatic rings. The minimum absolute atomic E-state index is 0.358. The molecule has 0 radical (unpaired) electrons. The van der Waals surface area contributed by atoms with Crippen LogP contribution in [0.3, 0.4) is 0 Å². The highest BCUT2D eigenvalue weighted by Gasteiger charge is 2.54. The molecule has 3 aromatic heterocycles. The minimum atomic E-state index is -0.430. The van der Waals surface area contributed by atoms with Gasteiger partial charge in [-0.2, -0.15) is 0 Å². The molecule has 18 aromatic carbocycles. The summed E-state index contributed by atoms with van der Waals surface area (Å²) in [6.07, 6.45) is 0. The third-order valence-corrected chi connectivity index (χ3v) is 30.2. The van der Waals surface area contributed by atoms with Gasteiger partial charge >= 0.3 is 0 Å². The molecule has 3 aliphatic heterocycles. The van der Waals surface area contributed by atoms with Gasteiger partial charge in [-0.25, -0.2) is 0 Å². The topological polar surface area (TPSA) is 62.4 Å². The van der Waals surface area contributed by atoms with Gasteiger partial charge in [-0.1, -0.05) is 314 Å². The summed E-state index contributed by atoms with van der Waals surface area (Å²) in [6.45, 7) is 0. The number of benzene rings is 18. The van der Waals surface area contributed by atoms with Crippen molar-refractivity contribution >= 4 is 145 Å². The number of anilines is 6. The van der Waals surface area contributed by atoms with Crippen molar-refractivity contribution < 1.29 is 8.83 Å². The smallest absolute Gasteiger partial charge is 0.137 e. The Kier molecular flexibility index (Phi) is 15.7. The number of fused-ring (bicyclic) bond motifs is 36. The standard InChI is InChI=1S/2C37H23NOS.C37H23NS2/c1-4-14-26-23(11-1)24-12-2-5-15-27(24)37(26)28-16-6-8-21-33(28)40-34-22-10-18-30(36(34)37)38-29-17-9-20-32-35(29)25-13-3-7-19-31(25)39-32;1-4-13-27-24(10-1)25-11-2-5-14-28(25)37(27)29-15-6-8-19-34(29)40-35-21-20-23(22-30(35)37)38-31-16-9-18-33-36(31)26-12-3-7-17-32(26)39-33;1-4-13-27-24(10-1)25-11-2-5-14-28(25)37(27)29-15-6-8-18-33(29)40-34-21-20-23(22-30(34)37)38-31-16-9-19-35-36(31)26-12-3-7-17-32(26)39-35/h3*1-22,38H. The highest BCUT2D eigenvalue weighted by molar-refractivity contribution is 8.00. The predicted molar refractivity (Wildman–Crippen MR) is 500 cm³/mol. The summed E-state index contributed by atoms with van der Waals surface area (Å²) >= 11 is 7.48. The second-order valence-electron chi connectivity index (χ2n) is 31.6. The number of para-hydroxylation sites is 2. The number of thiophene rings is 1. The maximum atomic E-state index is 6.23. The molecule has 3 aliphatic carbocycles. The van der Waals surface area contributed by atoms with Gasteiger partial charge in [-0.05, 0) is 216 Å². The Bertz CT molecular complexity index is 7440. The molecule has 6 heterocycles. The highest BCUT2D eigenvalue weighted by atomic mass is 32.2. The molecular formula is C111H69N3O2S4. The van der Waals surface area contributed by atoms with Crippen molar-refractivity contribution in [2.75, 3.05) is 16.0 Å². The lowest BCUT2D eigenvalue weighted by Gasteiger charge is -2.41. The first kappa shape index (κ1) is 69.4. The van der Waals surface area contributed by atoms with Gasteiger partial charge in [0, 0.05) is 88.6 Å². The van der Waals surface area contributed by atoms with Gasteiger partial charge in [0.15, 0.2) is 0 Å². The van der Waals surface area contributed by atoms with Gasteiger partial charge in [0.25, 0.3) is 0 Å². The molecule has 3 spiro atoms. The molecule has 0 atom stereocenters. The van der Waals surface area contributed by atoms with Crippen molar-refractivity contribution in [3.05, 3.63) is 467 Å². The zero-order chi connectivity index (χ0) is 78.8. The van der Waals surface area contributed by atoms with Crippen LogP contribution < -0.4 is 16.0 Å². The number of furan rings is 2. The molecule has 6 aliphatic rings. The average molecular weight is 1610 g/mol. The highest BCUT2D eigenvalue weighted by Crippen LogP contribution is 2.67. The van der Waals surface area contributed by atoms with Crippen molar-refractivity contribution in [3.63, 3.8) is 0 Å². The predicted octanol–water partition coefficient (Wildman–Crippen LogP) is 30.9. The average Bonchev–Trinajstić information content (AvgIpc) is 1.56. The van der Waals surface area contributed by atoms with Crippen molar-refractivity contribution in [3.8, 4) is 33.4 Å². The molecular weight excluding hydrogens is 1540 g/mol. The summed E-state index contributed by atoms with van der Waals surface area (Å²) in [4.78, 5) is 7.84. The van der Waals surface area contributed by atoms with E-state index in [1.807, 2.05) is 77.0 Å². The maximum absolute atomic E-state index is 6.23. The SMILES string of the molecule is c1ccc2c(c1)Sc1ccc(Nc3cccc4oc5ccccc5c34)cc1C21c2ccccc2-c2ccccc21.c1ccc2c(c1)Sc1ccc(Nc3cccc4sc5ccccc5c34)cc1C21c2ccccc2-c2ccccc21.c1ccc2c(c1)Sc1cccc(Nc3cccc4oc5ccccc5c34)c1C21c2ccccc2-c2ccccc21. The Hall–Kier alpha value is -13.8. The molecule has 0 fully saturated rings. The van der Waals surface area contributed by atoms with E-state index in [1.54, 1.807) is 0 Å². The zero-order valence-electron chi connectivity index (χ0n) is 64.6. The van der Waals surface area contributed by atoms with Gasteiger partial charge in [-0.15, -0.1) is 11.3 Å². The quantitative estimate of drug-likeness (QED) is 0.152. The van der Waals surface area contributed by atoms with Crippen LogP contribution in [0.5, 0.6) is 0 Å². The molecule has 9 heteroatoms. The number of hydrogen-bond donors (Lipinski definition) is 3. The van der Waals surface area contributed by atoms with Crippen LogP contribution in [0, 0.1) is 0 Å². The van der Waals surface area contributed by atoms with Crippen LogP contribution in [0.1, 0.15) is 66.8 Å². The monoisotopic (exact) mass is 1600 g/mol. The van der Waals surface area contributed by atoms with Crippen molar-refractivity contribution in [1.82, 2.24) is 0 Å². The second-order valence-corrected chi connectivity index (χ2v) is 36.0. The van der Waals surface area contributed by atoms with Gasteiger partial charge in [0.05, 0.1) is 38.4 Å². The molecule has 0 saturated carbocycles. The molecule has 3 N–H and O–H groups in total. The van der Waals surface area contributed by atoms with E-state index in [-0.39, 0.29) is 10.8 Å². The van der Waals surface area contributed by atoms with Gasteiger partial charge in [0.1, 0.15) is 22.3 Å². The van der Waals surface area contributed by atoms with E-state index in [1.165, 1.54) is 150 Å². The van der Waals surface area contributed by atoms with Crippen LogP contribution in [0.15, 0.2) is 439 Å². The second kappa shape index (κ2) is 27.1. The van der Waals surface area contributed by atoms with Crippen LogP contribution in [0.25, 0.3) is 97.4 Å². The van der Waals surface area contributed by atoms with E-state index >= 15 is 0 Å². The zero-order valence-corrected chi connectivity index (χ0v) is 67.8. The van der Waals surface area contributed by atoms with Crippen molar-refractivity contribution in [2.45, 2.75) is 45.6 Å². The fraction of sp³-hybridized carbons (Fsp3) is 0.0270. The van der Waals surface area contributed by atoms with Crippen LogP contribution in [0.2, 0.25) is 0 Å². The van der Waals surface area contributed by atoms with Crippen LogP contribution >= 0.6 is 46.6 Å². The Balaban J connectivity index is 0.0000000997. The summed E-state index contributed by atoms with van der Waals surface area (Å²) in [5.74, 6) is 0. The molecule has 0 saturated heterocycles. The number of nitrogens with one attached hydrogen (secondary N) is 3. The van der Waals surface area contributed by atoms with Crippen molar-refractivity contribution in [1.29, 1.82) is 0 Å². The molecule has 0 unspecified atom stereocenters. The summed E-state index contributed by atoms with van der Waals surface area (Å²) < 4.78 is 15.0. The van der Waals surface area contributed by atoms with Crippen LogP contribution in [-0.2, 0) is 16.2 Å². The third-order valence-electron chi connectivity index (χ3n) is 25.6. The van der Waals surface area contributed by atoms with Crippen LogP contribution in [-0.4, -0.2) is 0 Å².